The largest absolute Gasteiger partial charge is 0.381 e. The summed E-state index contributed by atoms with van der Waals surface area (Å²) in [7, 11) is 0. The summed E-state index contributed by atoms with van der Waals surface area (Å²) in [5, 5.41) is 0. The maximum absolute atomic E-state index is 12.0. The van der Waals surface area contributed by atoms with Crippen LogP contribution in [-0.2, 0) is 16.0 Å². The van der Waals surface area contributed by atoms with Gasteiger partial charge in [-0.2, -0.15) is 0 Å². The highest BCUT2D eigenvalue weighted by Gasteiger charge is 2.21. The lowest BCUT2D eigenvalue weighted by molar-refractivity contribution is -0.125. The first-order chi connectivity index (χ1) is 7.75. The van der Waals surface area contributed by atoms with Gasteiger partial charge in [0.1, 0.15) is 5.78 Å². The van der Waals surface area contributed by atoms with Crippen LogP contribution in [0.15, 0.2) is 28.7 Å². The van der Waals surface area contributed by atoms with Gasteiger partial charge in [0.05, 0.1) is 0 Å². The molecular formula is C13H15BrO2. The molecule has 1 aromatic carbocycles. The number of benzene rings is 1. The highest BCUT2D eigenvalue weighted by Crippen LogP contribution is 2.19. The minimum absolute atomic E-state index is 0.202. The fourth-order valence-electron chi connectivity index (χ4n) is 2.01. The van der Waals surface area contributed by atoms with E-state index in [2.05, 4.69) is 15.9 Å². The minimum Gasteiger partial charge on any atom is -0.381 e. The third-order valence-electron chi connectivity index (χ3n) is 2.94. The molecule has 1 aromatic rings. The third-order valence-corrected chi connectivity index (χ3v) is 3.44. The summed E-state index contributed by atoms with van der Waals surface area (Å²) in [5.74, 6) is 0.550. The van der Waals surface area contributed by atoms with E-state index < -0.39 is 0 Å². The Hall–Kier alpha value is -0.670. The van der Waals surface area contributed by atoms with Gasteiger partial charge in [-0.1, -0.05) is 28.1 Å². The molecule has 1 saturated heterocycles. The van der Waals surface area contributed by atoms with Crippen LogP contribution in [0.1, 0.15) is 18.4 Å². The molecule has 2 rings (SSSR count). The van der Waals surface area contributed by atoms with Gasteiger partial charge in [0, 0.05) is 30.0 Å². The molecule has 0 unspecified atom stereocenters. The van der Waals surface area contributed by atoms with Gasteiger partial charge in [-0.3, -0.25) is 4.79 Å². The molecule has 2 nitrogen and oxygen atoms in total. The van der Waals surface area contributed by atoms with Crippen molar-refractivity contribution in [2.75, 3.05) is 13.2 Å². The van der Waals surface area contributed by atoms with Crippen molar-refractivity contribution < 1.29 is 9.53 Å². The Bertz CT molecular complexity index is 370. The van der Waals surface area contributed by atoms with Gasteiger partial charge in [-0.25, -0.2) is 0 Å². The first kappa shape index (κ1) is 11.8. The van der Waals surface area contributed by atoms with Crippen LogP contribution in [0.4, 0.5) is 0 Å². The molecule has 0 radical (unpaired) electrons. The fraction of sp³-hybridized carbons (Fsp3) is 0.462. The van der Waals surface area contributed by atoms with E-state index >= 15 is 0 Å². The fourth-order valence-corrected chi connectivity index (χ4v) is 2.46. The summed E-state index contributed by atoms with van der Waals surface area (Å²) >= 11 is 3.42. The summed E-state index contributed by atoms with van der Waals surface area (Å²) in [6, 6.07) is 7.96. The Morgan fingerprint density at radius 2 is 2.12 bits per heavy atom. The molecule has 3 heteroatoms. The topological polar surface area (TPSA) is 26.3 Å². The normalized spacial score (nSPS) is 17.3. The summed E-state index contributed by atoms with van der Waals surface area (Å²) < 4.78 is 6.29. The Balaban J connectivity index is 1.96. The lowest BCUT2D eigenvalue weighted by atomic mass is 9.91. The van der Waals surface area contributed by atoms with Crippen molar-refractivity contribution in [3.63, 3.8) is 0 Å². The molecule has 86 valence electrons. The second-order valence-corrected chi connectivity index (χ2v) is 5.08. The molecule has 1 fully saturated rings. The lowest BCUT2D eigenvalue weighted by Gasteiger charge is -2.20. The van der Waals surface area contributed by atoms with Crippen molar-refractivity contribution in [1.82, 2.24) is 0 Å². The van der Waals surface area contributed by atoms with Crippen molar-refractivity contribution >= 4 is 21.7 Å². The Labute approximate surface area is 104 Å². The predicted octanol–water partition coefficient (Wildman–Crippen LogP) is 2.99. The monoisotopic (exact) mass is 282 g/mol. The predicted molar refractivity (Wildman–Crippen MR) is 66.4 cm³/mol. The molecule has 1 heterocycles. The third kappa shape index (κ3) is 3.16. The zero-order valence-corrected chi connectivity index (χ0v) is 10.7. The van der Waals surface area contributed by atoms with E-state index in [0.29, 0.717) is 12.2 Å². The molecule has 1 aliphatic heterocycles. The van der Waals surface area contributed by atoms with Crippen LogP contribution < -0.4 is 0 Å². The van der Waals surface area contributed by atoms with E-state index in [-0.39, 0.29) is 5.92 Å². The quantitative estimate of drug-likeness (QED) is 0.852. The van der Waals surface area contributed by atoms with E-state index in [1.54, 1.807) is 0 Å². The zero-order chi connectivity index (χ0) is 11.4. The molecule has 0 spiro atoms. The summed E-state index contributed by atoms with van der Waals surface area (Å²) in [6.45, 7) is 1.46. The van der Waals surface area contributed by atoms with Gasteiger partial charge >= 0.3 is 0 Å². The molecule has 0 saturated carbocycles. The van der Waals surface area contributed by atoms with Crippen molar-refractivity contribution in [3.8, 4) is 0 Å². The number of carbonyl (C=O) groups is 1. The number of hydrogen-bond acceptors (Lipinski definition) is 2. The van der Waals surface area contributed by atoms with E-state index in [4.69, 9.17) is 4.74 Å². The molecule has 0 aromatic heterocycles. The SMILES string of the molecule is O=C(Cc1cccc(Br)c1)C1CCOCC1. The van der Waals surface area contributed by atoms with Crippen LogP contribution in [0.5, 0.6) is 0 Å². The standard InChI is InChI=1S/C13H15BrO2/c14-12-3-1-2-10(8-12)9-13(15)11-4-6-16-7-5-11/h1-3,8,11H,4-7,9H2. The maximum atomic E-state index is 12.0. The average molecular weight is 283 g/mol. The Morgan fingerprint density at radius 1 is 1.38 bits per heavy atom. The van der Waals surface area contributed by atoms with Gasteiger partial charge in [0.15, 0.2) is 0 Å². The van der Waals surface area contributed by atoms with Crippen molar-refractivity contribution in [3.05, 3.63) is 34.3 Å². The molecule has 0 bridgehead atoms. The lowest BCUT2D eigenvalue weighted by Crippen LogP contribution is -2.24. The van der Waals surface area contributed by atoms with Gasteiger partial charge < -0.3 is 4.74 Å². The number of ether oxygens (including phenoxy) is 1. The number of hydrogen-bond donors (Lipinski definition) is 0. The number of halogens is 1. The van der Waals surface area contributed by atoms with Crippen LogP contribution in [0.25, 0.3) is 0 Å². The summed E-state index contributed by atoms with van der Waals surface area (Å²) in [5.41, 5.74) is 1.09. The van der Waals surface area contributed by atoms with Crippen molar-refractivity contribution in [2.24, 2.45) is 5.92 Å². The highest BCUT2D eigenvalue weighted by atomic mass is 79.9. The Morgan fingerprint density at radius 3 is 2.81 bits per heavy atom. The maximum Gasteiger partial charge on any atom is 0.140 e. The molecule has 0 amide bonds. The van der Waals surface area contributed by atoms with Gasteiger partial charge in [-0.15, -0.1) is 0 Å². The second kappa shape index (κ2) is 5.60. The number of ketones is 1. The number of Topliss-reactive ketones (excluding diaryl/α,β-unsaturated/α-hetero) is 1. The van der Waals surface area contributed by atoms with Crippen LogP contribution in [0.3, 0.4) is 0 Å². The summed E-state index contributed by atoms with van der Waals surface area (Å²) in [4.78, 5) is 12.0. The van der Waals surface area contributed by atoms with Crippen LogP contribution in [0.2, 0.25) is 0 Å². The van der Waals surface area contributed by atoms with Gasteiger partial charge in [0.2, 0.25) is 0 Å². The van der Waals surface area contributed by atoms with Crippen molar-refractivity contribution in [1.29, 1.82) is 0 Å². The Kier molecular flexibility index (Phi) is 4.13. The molecule has 1 aliphatic rings. The number of rotatable bonds is 3. The molecule has 0 aliphatic carbocycles. The van der Waals surface area contributed by atoms with E-state index in [9.17, 15) is 4.79 Å². The van der Waals surface area contributed by atoms with E-state index in [0.717, 1.165) is 36.1 Å². The van der Waals surface area contributed by atoms with Crippen LogP contribution in [-0.4, -0.2) is 19.0 Å². The summed E-state index contributed by atoms with van der Waals surface area (Å²) in [6.07, 6.45) is 2.31. The molecular weight excluding hydrogens is 268 g/mol. The van der Waals surface area contributed by atoms with E-state index in [1.807, 2.05) is 24.3 Å². The molecule has 0 N–H and O–H groups in total. The first-order valence-electron chi connectivity index (χ1n) is 5.60. The number of carbonyl (C=O) groups excluding carboxylic acids is 1. The van der Waals surface area contributed by atoms with Gasteiger partial charge in [-0.05, 0) is 30.5 Å². The highest BCUT2D eigenvalue weighted by molar-refractivity contribution is 9.10. The molecule has 0 atom stereocenters. The second-order valence-electron chi connectivity index (χ2n) is 4.16. The average Bonchev–Trinajstić information content (AvgIpc) is 2.30. The van der Waals surface area contributed by atoms with E-state index in [1.165, 1.54) is 0 Å². The zero-order valence-electron chi connectivity index (χ0n) is 9.12. The van der Waals surface area contributed by atoms with Gasteiger partial charge in [0.25, 0.3) is 0 Å². The first-order valence-corrected chi connectivity index (χ1v) is 6.40. The minimum atomic E-state index is 0.202. The van der Waals surface area contributed by atoms with Crippen LogP contribution in [0, 0.1) is 5.92 Å². The molecule has 16 heavy (non-hydrogen) atoms. The van der Waals surface area contributed by atoms with Crippen LogP contribution >= 0.6 is 15.9 Å². The van der Waals surface area contributed by atoms with Crippen molar-refractivity contribution in [2.45, 2.75) is 19.3 Å². The smallest absolute Gasteiger partial charge is 0.140 e.